The molecule has 6 nitrogen and oxygen atoms in total. The molecule has 1 aromatic heterocycles. The van der Waals surface area contributed by atoms with Gasteiger partial charge < -0.3 is 14.2 Å². The predicted octanol–water partition coefficient (Wildman–Crippen LogP) is 4.04. The number of rotatable bonds is 6. The fourth-order valence-corrected chi connectivity index (χ4v) is 2.85. The van der Waals surface area contributed by atoms with Crippen LogP contribution in [-0.4, -0.2) is 34.6 Å². The number of hydrogen-bond acceptors (Lipinski definition) is 5. The fraction of sp³-hybridized carbons (Fsp3) is 0.250. The molecule has 27 heavy (non-hydrogen) atoms. The van der Waals surface area contributed by atoms with Gasteiger partial charge >= 0.3 is 0 Å². The first-order valence-electron chi connectivity index (χ1n) is 8.45. The van der Waals surface area contributed by atoms with Crippen LogP contribution in [0.15, 0.2) is 47.0 Å². The SMILES string of the molecule is Cc1cc(C)cc(OCC(=O)N(C)Cc2nc(-c3ccccc3Cl)no2)c1. The van der Waals surface area contributed by atoms with E-state index in [9.17, 15) is 4.79 Å². The zero-order valence-electron chi connectivity index (χ0n) is 15.4. The van der Waals surface area contributed by atoms with Crippen LogP contribution in [0.1, 0.15) is 17.0 Å². The van der Waals surface area contributed by atoms with Gasteiger partial charge in [-0.05, 0) is 49.2 Å². The van der Waals surface area contributed by atoms with E-state index in [4.69, 9.17) is 20.9 Å². The molecule has 0 radical (unpaired) electrons. The van der Waals surface area contributed by atoms with Gasteiger partial charge in [-0.1, -0.05) is 35.0 Å². The fourth-order valence-electron chi connectivity index (χ4n) is 2.63. The molecule has 7 heteroatoms. The number of ether oxygens (including phenoxy) is 1. The highest BCUT2D eigenvalue weighted by Gasteiger charge is 2.16. The largest absolute Gasteiger partial charge is 0.484 e. The molecule has 0 saturated carbocycles. The lowest BCUT2D eigenvalue weighted by Gasteiger charge is -2.15. The standard InChI is InChI=1S/C20H20ClN3O3/c1-13-8-14(2)10-15(9-13)26-12-19(25)24(3)11-18-22-20(23-27-18)16-6-4-5-7-17(16)21/h4-10H,11-12H2,1-3H3. The van der Waals surface area contributed by atoms with Crippen molar-refractivity contribution in [3.8, 4) is 17.1 Å². The van der Waals surface area contributed by atoms with Crippen LogP contribution in [0.5, 0.6) is 5.75 Å². The summed E-state index contributed by atoms with van der Waals surface area (Å²) >= 11 is 6.14. The van der Waals surface area contributed by atoms with Gasteiger partial charge in [0.2, 0.25) is 11.7 Å². The van der Waals surface area contributed by atoms with Crippen LogP contribution in [0.4, 0.5) is 0 Å². The Morgan fingerprint density at radius 2 is 1.89 bits per heavy atom. The minimum Gasteiger partial charge on any atom is -0.484 e. The smallest absolute Gasteiger partial charge is 0.260 e. The van der Waals surface area contributed by atoms with Gasteiger partial charge in [-0.15, -0.1) is 0 Å². The number of likely N-dealkylation sites (N-methyl/N-ethyl adjacent to an activating group) is 1. The zero-order valence-corrected chi connectivity index (χ0v) is 16.2. The van der Waals surface area contributed by atoms with Crippen LogP contribution >= 0.6 is 11.6 Å². The molecular weight excluding hydrogens is 366 g/mol. The molecule has 0 spiro atoms. The summed E-state index contributed by atoms with van der Waals surface area (Å²) in [7, 11) is 1.66. The van der Waals surface area contributed by atoms with Crippen LogP contribution in [0.25, 0.3) is 11.4 Å². The summed E-state index contributed by atoms with van der Waals surface area (Å²) in [6, 6.07) is 13.1. The molecule has 0 aliphatic rings. The van der Waals surface area contributed by atoms with E-state index in [-0.39, 0.29) is 19.1 Å². The quantitative estimate of drug-likeness (QED) is 0.640. The number of aromatic nitrogens is 2. The van der Waals surface area contributed by atoms with E-state index in [0.717, 1.165) is 11.1 Å². The Morgan fingerprint density at radius 1 is 1.19 bits per heavy atom. The van der Waals surface area contributed by atoms with E-state index in [0.29, 0.717) is 28.1 Å². The summed E-state index contributed by atoms with van der Waals surface area (Å²) in [5, 5.41) is 4.47. The average Bonchev–Trinajstić information content (AvgIpc) is 3.07. The summed E-state index contributed by atoms with van der Waals surface area (Å²) in [5.41, 5.74) is 2.86. The van der Waals surface area contributed by atoms with Crippen LogP contribution in [0, 0.1) is 13.8 Å². The normalized spacial score (nSPS) is 10.7. The first-order chi connectivity index (χ1) is 12.9. The first kappa shape index (κ1) is 18.9. The number of benzene rings is 2. The molecule has 0 aliphatic carbocycles. The Hall–Kier alpha value is -2.86. The van der Waals surface area contributed by atoms with Crippen LogP contribution < -0.4 is 4.74 Å². The van der Waals surface area contributed by atoms with Crippen molar-refractivity contribution in [2.75, 3.05) is 13.7 Å². The average molecular weight is 386 g/mol. The van der Waals surface area contributed by atoms with Crippen molar-refractivity contribution in [2.24, 2.45) is 0 Å². The summed E-state index contributed by atoms with van der Waals surface area (Å²) in [5.74, 6) is 1.20. The molecule has 0 aliphatic heterocycles. The number of amides is 1. The van der Waals surface area contributed by atoms with Gasteiger partial charge in [-0.25, -0.2) is 0 Å². The maximum atomic E-state index is 12.3. The Morgan fingerprint density at radius 3 is 2.59 bits per heavy atom. The lowest BCUT2D eigenvalue weighted by molar-refractivity contribution is -0.132. The van der Waals surface area contributed by atoms with Gasteiger partial charge in [-0.2, -0.15) is 4.98 Å². The second-order valence-corrected chi connectivity index (χ2v) is 6.76. The molecule has 0 atom stereocenters. The van der Waals surface area contributed by atoms with Crippen LogP contribution in [-0.2, 0) is 11.3 Å². The van der Waals surface area contributed by atoms with E-state index >= 15 is 0 Å². The second-order valence-electron chi connectivity index (χ2n) is 6.35. The van der Waals surface area contributed by atoms with Gasteiger partial charge in [0.1, 0.15) is 5.75 Å². The molecule has 0 unspecified atom stereocenters. The molecule has 2 aromatic carbocycles. The van der Waals surface area contributed by atoms with E-state index in [2.05, 4.69) is 10.1 Å². The molecule has 1 heterocycles. The van der Waals surface area contributed by atoms with Gasteiger partial charge in [0.15, 0.2) is 6.61 Å². The van der Waals surface area contributed by atoms with Crippen molar-refractivity contribution < 1.29 is 14.1 Å². The Kier molecular flexibility index (Phi) is 5.76. The summed E-state index contributed by atoms with van der Waals surface area (Å²) in [4.78, 5) is 18.1. The van der Waals surface area contributed by atoms with Crippen molar-refractivity contribution in [3.63, 3.8) is 0 Å². The van der Waals surface area contributed by atoms with Crippen LogP contribution in [0.3, 0.4) is 0 Å². The molecule has 0 fully saturated rings. The van der Waals surface area contributed by atoms with Crippen molar-refractivity contribution >= 4 is 17.5 Å². The lowest BCUT2D eigenvalue weighted by atomic mass is 10.1. The van der Waals surface area contributed by atoms with E-state index in [1.807, 2.05) is 50.2 Å². The van der Waals surface area contributed by atoms with E-state index < -0.39 is 0 Å². The summed E-state index contributed by atoms with van der Waals surface area (Å²) in [6.07, 6.45) is 0. The summed E-state index contributed by atoms with van der Waals surface area (Å²) in [6.45, 7) is 4.09. The third-order valence-electron chi connectivity index (χ3n) is 3.94. The number of halogens is 1. The van der Waals surface area contributed by atoms with Gasteiger partial charge in [0.25, 0.3) is 5.91 Å². The molecule has 140 valence electrons. The molecule has 0 N–H and O–H groups in total. The molecule has 0 saturated heterocycles. The Balaban J connectivity index is 1.59. The first-order valence-corrected chi connectivity index (χ1v) is 8.82. The maximum absolute atomic E-state index is 12.3. The monoisotopic (exact) mass is 385 g/mol. The second kappa shape index (κ2) is 8.22. The van der Waals surface area contributed by atoms with Crippen LogP contribution in [0.2, 0.25) is 5.02 Å². The topological polar surface area (TPSA) is 68.5 Å². The molecular formula is C20H20ClN3O3. The van der Waals surface area contributed by atoms with Gasteiger partial charge in [-0.3, -0.25) is 4.79 Å². The molecule has 3 rings (SSSR count). The highest BCUT2D eigenvalue weighted by atomic mass is 35.5. The van der Waals surface area contributed by atoms with Gasteiger partial charge in [0.05, 0.1) is 11.6 Å². The van der Waals surface area contributed by atoms with Crippen molar-refractivity contribution in [3.05, 3.63) is 64.5 Å². The van der Waals surface area contributed by atoms with Crippen molar-refractivity contribution in [1.82, 2.24) is 15.0 Å². The number of carbonyl (C=O) groups is 1. The lowest BCUT2D eigenvalue weighted by Crippen LogP contribution is -2.31. The summed E-state index contributed by atoms with van der Waals surface area (Å²) < 4.78 is 10.8. The third-order valence-corrected chi connectivity index (χ3v) is 4.27. The Bertz CT molecular complexity index is 935. The number of hydrogen-bond donors (Lipinski definition) is 0. The highest BCUT2D eigenvalue weighted by molar-refractivity contribution is 6.33. The Labute approximate surface area is 162 Å². The minimum atomic E-state index is -0.188. The minimum absolute atomic E-state index is 0.0646. The van der Waals surface area contributed by atoms with E-state index in [1.165, 1.54) is 4.90 Å². The van der Waals surface area contributed by atoms with E-state index in [1.54, 1.807) is 13.1 Å². The zero-order chi connectivity index (χ0) is 19.4. The van der Waals surface area contributed by atoms with Crippen molar-refractivity contribution in [1.29, 1.82) is 0 Å². The molecule has 1 amide bonds. The number of carbonyl (C=O) groups excluding carboxylic acids is 1. The molecule has 3 aromatic rings. The van der Waals surface area contributed by atoms with Gasteiger partial charge in [0, 0.05) is 12.6 Å². The highest BCUT2D eigenvalue weighted by Crippen LogP contribution is 2.25. The third kappa shape index (κ3) is 4.86. The number of aryl methyl sites for hydroxylation is 2. The predicted molar refractivity (Wildman–Crippen MR) is 103 cm³/mol. The number of nitrogens with zero attached hydrogens (tertiary/aromatic N) is 3. The van der Waals surface area contributed by atoms with Crippen molar-refractivity contribution in [2.45, 2.75) is 20.4 Å². The maximum Gasteiger partial charge on any atom is 0.260 e. The molecule has 0 bridgehead atoms.